The number of hydrogen-bond acceptors (Lipinski definition) is 5. The third kappa shape index (κ3) is 2.90. The molecule has 6 nitrogen and oxygen atoms in total. The Balaban J connectivity index is 2.21. The molecule has 2 unspecified atom stereocenters. The first-order chi connectivity index (χ1) is 9.54. The van der Waals surface area contributed by atoms with E-state index in [0.29, 0.717) is 24.3 Å². The minimum atomic E-state index is -0.133. The second-order valence-electron chi connectivity index (χ2n) is 5.55. The molecule has 1 saturated heterocycles. The number of carbonyl (C=O) groups is 1. The van der Waals surface area contributed by atoms with Crippen molar-refractivity contribution in [2.75, 3.05) is 25.5 Å². The van der Waals surface area contributed by atoms with Crippen molar-refractivity contribution in [3.05, 3.63) is 17.8 Å². The van der Waals surface area contributed by atoms with E-state index in [0.717, 1.165) is 18.7 Å². The standard InChI is InChI=1S/C14H23N5O/c1-10-5-4-6-11(9-15)19(10)13-8-7-12(16-17-13)14(20)18(2)3/h7-8,10-11H,4-6,9,15H2,1-3H3. The predicted octanol–water partition coefficient (Wildman–Crippen LogP) is 0.885. The molecular formula is C14H23N5O. The van der Waals surface area contributed by atoms with Crippen molar-refractivity contribution < 1.29 is 4.79 Å². The summed E-state index contributed by atoms with van der Waals surface area (Å²) in [4.78, 5) is 15.5. The van der Waals surface area contributed by atoms with E-state index in [1.54, 1.807) is 20.2 Å². The topological polar surface area (TPSA) is 75.3 Å². The molecular weight excluding hydrogens is 254 g/mol. The molecule has 2 atom stereocenters. The highest BCUT2D eigenvalue weighted by molar-refractivity contribution is 5.91. The van der Waals surface area contributed by atoms with E-state index in [1.165, 1.54) is 11.3 Å². The van der Waals surface area contributed by atoms with Gasteiger partial charge in [0, 0.05) is 32.7 Å². The molecule has 0 saturated carbocycles. The Morgan fingerprint density at radius 3 is 2.70 bits per heavy atom. The summed E-state index contributed by atoms with van der Waals surface area (Å²) in [7, 11) is 3.41. The Bertz CT molecular complexity index is 459. The van der Waals surface area contributed by atoms with Gasteiger partial charge in [-0.1, -0.05) is 0 Å². The lowest BCUT2D eigenvalue weighted by Crippen LogP contribution is -2.49. The molecule has 6 heteroatoms. The van der Waals surface area contributed by atoms with Crippen LogP contribution in [0.25, 0.3) is 0 Å². The van der Waals surface area contributed by atoms with Crippen LogP contribution in [0.4, 0.5) is 5.82 Å². The smallest absolute Gasteiger partial charge is 0.273 e. The number of carbonyl (C=O) groups excluding carboxylic acids is 1. The Morgan fingerprint density at radius 2 is 2.15 bits per heavy atom. The lowest BCUT2D eigenvalue weighted by molar-refractivity contribution is 0.0821. The Hall–Kier alpha value is -1.69. The molecule has 0 aliphatic carbocycles. The number of nitrogens with zero attached hydrogens (tertiary/aromatic N) is 4. The second-order valence-corrected chi connectivity index (χ2v) is 5.55. The van der Waals surface area contributed by atoms with Gasteiger partial charge in [-0.2, -0.15) is 0 Å². The van der Waals surface area contributed by atoms with Crippen LogP contribution >= 0.6 is 0 Å². The minimum absolute atomic E-state index is 0.133. The highest BCUT2D eigenvalue weighted by Crippen LogP contribution is 2.27. The van der Waals surface area contributed by atoms with Gasteiger partial charge in [0.1, 0.15) is 0 Å². The van der Waals surface area contributed by atoms with Gasteiger partial charge in [0.2, 0.25) is 0 Å². The predicted molar refractivity (Wildman–Crippen MR) is 78.7 cm³/mol. The lowest BCUT2D eigenvalue weighted by atomic mass is 9.96. The molecule has 2 N–H and O–H groups in total. The van der Waals surface area contributed by atoms with Crippen molar-refractivity contribution in [1.29, 1.82) is 0 Å². The zero-order chi connectivity index (χ0) is 14.7. The van der Waals surface area contributed by atoms with E-state index in [4.69, 9.17) is 5.73 Å². The summed E-state index contributed by atoms with van der Waals surface area (Å²) in [5.41, 5.74) is 6.23. The maximum absolute atomic E-state index is 11.8. The Kier molecular flexibility index (Phi) is 4.54. The van der Waals surface area contributed by atoms with Gasteiger partial charge in [0.05, 0.1) is 0 Å². The Morgan fingerprint density at radius 1 is 1.40 bits per heavy atom. The summed E-state index contributed by atoms with van der Waals surface area (Å²) in [5.74, 6) is 0.675. The summed E-state index contributed by atoms with van der Waals surface area (Å²) in [6, 6.07) is 4.32. The van der Waals surface area contributed by atoms with Crippen LogP contribution in [-0.4, -0.2) is 53.7 Å². The van der Waals surface area contributed by atoms with Gasteiger partial charge in [-0.25, -0.2) is 0 Å². The van der Waals surface area contributed by atoms with E-state index < -0.39 is 0 Å². The maximum atomic E-state index is 11.8. The number of amides is 1. The van der Waals surface area contributed by atoms with E-state index >= 15 is 0 Å². The van der Waals surface area contributed by atoms with Crippen LogP contribution in [0.15, 0.2) is 12.1 Å². The van der Waals surface area contributed by atoms with E-state index in [-0.39, 0.29) is 5.91 Å². The molecule has 20 heavy (non-hydrogen) atoms. The molecule has 0 spiro atoms. The summed E-state index contributed by atoms with van der Waals surface area (Å²) in [6.07, 6.45) is 3.42. The van der Waals surface area contributed by atoms with Gasteiger partial charge in [-0.05, 0) is 38.3 Å². The molecule has 1 aliphatic heterocycles. The van der Waals surface area contributed by atoms with Gasteiger partial charge in [-0.3, -0.25) is 4.79 Å². The van der Waals surface area contributed by atoms with Crippen LogP contribution in [-0.2, 0) is 0 Å². The summed E-state index contributed by atoms with van der Waals surface area (Å²) in [5, 5.41) is 8.28. The molecule has 0 aromatic carbocycles. The number of anilines is 1. The zero-order valence-corrected chi connectivity index (χ0v) is 12.4. The summed E-state index contributed by atoms with van der Waals surface area (Å²) >= 11 is 0. The highest BCUT2D eigenvalue weighted by Gasteiger charge is 2.28. The summed E-state index contributed by atoms with van der Waals surface area (Å²) in [6.45, 7) is 2.80. The molecule has 0 radical (unpaired) electrons. The molecule has 0 bridgehead atoms. The van der Waals surface area contributed by atoms with Crippen molar-refractivity contribution >= 4 is 11.7 Å². The number of aromatic nitrogens is 2. The Labute approximate surface area is 120 Å². The maximum Gasteiger partial charge on any atom is 0.273 e. The first-order valence-electron chi connectivity index (χ1n) is 7.08. The van der Waals surface area contributed by atoms with Crippen LogP contribution in [0.1, 0.15) is 36.7 Å². The van der Waals surface area contributed by atoms with E-state index in [2.05, 4.69) is 22.0 Å². The van der Waals surface area contributed by atoms with Crippen molar-refractivity contribution in [1.82, 2.24) is 15.1 Å². The van der Waals surface area contributed by atoms with Crippen molar-refractivity contribution in [3.63, 3.8) is 0 Å². The first-order valence-corrected chi connectivity index (χ1v) is 7.08. The quantitative estimate of drug-likeness (QED) is 0.888. The molecule has 1 aromatic heterocycles. The van der Waals surface area contributed by atoms with Gasteiger partial charge >= 0.3 is 0 Å². The number of piperidine rings is 1. The average Bonchev–Trinajstić information content (AvgIpc) is 2.46. The largest absolute Gasteiger partial charge is 0.348 e. The van der Waals surface area contributed by atoms with Crippen LogP contribution in [0.2, 0.25) is 0 Å². The van der Waals surface area contributed by atoms with Crippen LogP contribution in [0.3, 0.4) is 0 Å². The van der Waals surface area contributed by atoms with Crippen LogP contribution < -0.4 is 10.6 Å². The lowest BCUT2D eigenvalue weighted by Gasteiger charge is -2.40. The number of nitrogens with two attached hydrogens (primary N) is 1. The van der Waals surface area contributed by atoms with Gasteiger partial charge in [0.25, 0.3) is 5.91 Å². The zero-order valence-electron chi connectivity index (χ0n) is 12.4. The highest BCUT2D eigenvalue weighted by atomic mass is 16.2. The number of rotatable bonds is 3. The molecule has 110 valence electrons. The fourth-order valence-electron chi connectivity index (χ4n) is 2.74. The van der Waals surface area contributed by atoms with E-state index in [9.17, 15) is 4.79 Å². The van der Waals surface area contributed by atoms with Crippen molar-refractivity contribution in [3.8, 4) is 0 Å². The molecule has 1 aliphatic rings. The van der Waals surface area contributed by atoms with Crippen molar-refractivity contribution in [2.24, 2.45) is 5.73 Å². The van der Waals surface area contributed by atoms with Crippen LogP contribution in [0, 0.1) is 0 Å². The average molecular weight is 277 g/mol. The fourth-order valence-corrected chi connectivity index (χ4v) is 2.74. The second kappa shape index (κ2) is 6.17. The molecule has 2 heterocycles. The monoisotopic (exact) mass is 277 g/mol. The molecule has 1 amide bonds. The SMILES string of the molecule is CC1CCCC(CN)N1c1ccc(C(=O)N(C)C)nn1. The van der Waals surface area contributed by atoms with Crippen molar-refractivity contribution in [2.45, 2.75) is 38.3 Å². The van der Waals surface area contributed by atoms with Gasteiger partial charge < -0.3 is 15.5 Å². The normalized spacial score (nSPS) is 22.7. The fraction of sp³-hybridized carbons (Fsp3) is 0.643. The molecule has 1 aromatic rings. The minimum Gasteiger partial charge on any atom is -0.348 e. The molecule has 2 rings (SSSR count). The van der Waals surface area contributed by atoms with Gasteiger partial charge in [0.15, 0.2) is 11.5 Å². The molecule has 1 fully saturated rings. The third-order valence-electron chi connectivity index (χ3n) is 3.84. The summed E-state index contributed by atoms with van der Waals surface area (Å²) < 4.78 is 0. The van der Waals surface area contributed by atoms with Crippen LogP contribution in [0.5, 0.6) is 0 Å². The third-order valence-corrected chi connectivity index (χ3v) is 3.84. The van der Waals surface area contributed by atoms with E-state index in [1.807, 2.05) is 6.07 Å². The van der Waals surface area contributed by atoms with Gasteiger partial charge in [-0.15, -0.1) is 10.2 Å². The first kappa shape index (κ1) is 14.7. The number of hydrogen-bond donors (Lipinski definition) is 1.